The highest BCUT2D eigenvalue weighted by molar-refractivity contribution is 7.59. The van der Waals surface area contributed by atoms with Crippen LogP contribution in [-0.2, 0) is 4.79 Å². The molecule has 1 fully saturated rings. The molecular formula is C13H21Cl2FN2OS2. The topological polar surface area (TPSA) is 41.1 Å². The maximum absolute atomic E-state index is 13.4. The van der Waals surface area contributed by atoms with Crippen LogP contribution in [0.1, 0.15) is 18.9 Å². The first-order valence-electron chi connectivity index (χ1n) is 5.99. The zero-order valence-corrected chi connectivity index (χ0v) is 15.4. The highest BCUT2D eigenvalue weighted by Crippen LogP contribution is 2.24. The summed E-state index contributed by atoms with van der Waals surface area (Å²) in [6, 6.07) is 3.20. The molecule has 1 aliphatic heterocycles. The first kappa shape index (κ1) is 23.1. The van der Waals surface area contributed by atoms with Crippen LogP contribution in [0.3, 0.4) is 0 Å². The van der Waals surface area contributed by atoms with Crippen LogP contribution in [0.2, 0.25) is 5.02 Å². The van der Waals surface area contributed by atoms with Crippen molar-refractivity contribution in [2.75, 3.05) is 11.9 Å². The molecule has 1 amide bonds. The van der Waals surface area contributed by atoms with Gasteiger partial charge in [0.15, 0.2) is 0 Å². The number of nitrogens with one attached hydrogen (secondary N) is 2. The van der Waals surface area contributed by atoms with Gasteiger partial charge >= 0.3 is 0 Å². The molecule has 0 radical (unpaired) electrons. The molecule has 1 aliphatic rings. The first-order chi connectivity index (χ1) is 8.49. The first-order valence-corrected chi connectivity index (χ1v) is 6.36. The second-order valence-electron chi connectivity index (χ2n) is 4.72. The molecule has 0 aromatic heterocycles. The average molecular weight is 375 g/mol. The maximum atomic E-state index is 13.4. The molecule has 0 bridgehead atoms. The zero-order valence-electron chi connectivity index (χ0n) is 11.8. The van der Waals surface area contributed by atoms with E-state index in [1.54, 1.807) is 13.0 Å². The molecule has 0 spiro atoms. The van der Waals surface area contributed by atoms with Crippen LogP contribution in [-0.4, -0.2) is 18.5 Å². The van der Waals surface area contributed by atoms with Gasteiger partial charge in [0.1, 0.15) is 5.82 Å². The zero-order chi connectivity index (χ0) is 13.3. The van der Waals surface area contributed by atoms with Crippen molar-refractivity contribution in [1.82, 2.24) is 5.32 Å². The third kappa shape index (κ3) is 5.53. The molecule has 0 aliphatic carbocycles. The van der Waals surface area contributed by atoms with Gasteiger partial charge in [-0.3, -0.25) is 4.79 Å². The molecule has 122 valence electrons. The van der Waals surface area contributed by atoms with Crippen LogP contribution in [0.25, 0.3) is 0 Å². The van der Waals surface area contributed by atoms with Gasteiger partial charge in [-0.1, -0.05) is 11.6 Å². The lowest BCUT2D eigenvalue weighted by Crippen LogP contribution is -2.32. The molecule has 1 aromatic carbocycles. The van der Waals surface area contributed by atoms with Crippen LogP contribution in [0, 0.1) is 18.7 Å². The Bertz CT molecular complexity index is 468. The van der Waals surface area contributed by atoms with E-state index in [4.69, 9.17) is 11.6 Å². The smallest absolute Gasteiger partial charge is 0.229 e. The minimum Gasteiger partial charge on any atom is -0.326 e. The summed E-state index contributed by atoms with van der Waals surface area (Å²) in [5.41, 5.74) is 0.971. The van der Waals surface area contributed by atoms with Crippen LogP contribution >= 0.6 is 51.0 Å². The van der Waals surface area contributed by atoms with E-state index >= 15 is 0 Å². The monoisotopic (exact) mass is 374 g/mol. The molecule has 0 unspecified atom stereocenters. The fourth-order valence-corrected chi connectivity index (χ4v) is 2.52. The molecule has 8 heteroatoms. The van der Waals surface area contributed by atoms with Crippen molar-refractivity contribution < 1.29 is 9.18 Å². The van der Waals surface area contributed by atoms with Gasteiger partial charge in [0, 0.05) is 11.7 Å². The van der Waals surface area contributed by atoms with E-state index in [9.17, 15) is 9.18 Å². The van der Waals surface area contributed by atoms with Crippen molar-refractivity contribution in [1.29, 1.82) is 0 Å². The number of benzene rings is 1. The Morgan fingerprint density at radius 2 is 2.05 bits per heavy atom. The summed E-state index contributed by atoms with van der Waals surface area (Å²) in [5.74, 6) is -0.533. The molecule has 1 saturated heterocycles. The van der Waals surface area contributed by atoms with Gasteiger partial charge < -0.3 is 10.6 Å². The Balaban J connectivity index is 0. The Morgan fingerprint density at radius 1 is 1.43 bits per heavy atom. The summed E-state index contributed by atoms with van der Waals surface area (Å²) in [4.78, 5) is 12.0. The number of hydrogen-bond acceptors (Lipinski definition) is 2. The molecule has 0 saturated carbocycles. The van der Waals surface area contributed by atoms with E-state index < -0.39 is 5.82 Å². The van der Waals surface area contributed by atoms with Crippen molar-refractivity contribution in [2.45, 2.75) is 26.3 Å². The number of hydrogen-bond donors (Lipinski definition) is 2. The largest absolute Gasteiger partial charge is 0.326 e. The van der Waals surface area contributed by atoms with E-state index in [-0.39, 0.29) is 62.3 Å². The van der Waals surface area contributed by atoms with Gasteiger partial charge in [-0.25, -0.2) is 4.39 Å². The summed E-state index contributed by atoms with van der Waals surface area (Å²) in [7, 11) is 0. The van der Waals surface area contributed by atoms with E-state index in [2.05, 4.69) is 10.6 Å². The average Bonchev–Trinajstić information content (AvgIpc) is 2.72. The summed E-state index contributed by atoms with van der Waals surface area (Å²) >= 11 is 5.75. The highest BCUT2D eigenvalue weighted by Gasteiger charge is 2.29. The Hall–Kier alpha value is -0.140. The number of anilines is 1. The van der Waals surface area contributed by atoms with Crippen molar-refractivity contribution >= 4 is 62.6 Å². The van der Waals surface area contributed by atoms with E-state index in [1.165, 1.54) is 6.07 Å². The second-order valence-corrected chi connectivity index (χ2v) is 5.12. The number of carbonyl (C=O) groups is 1. The Kier molecular flexibility index (Phi) is 10.8. The number of carbonyl (C=O) groups excluding carboxylic acids is 1. The molecular weight excluding hydrogens is 354 g/mol. The molecule has 2 rings (SSSR count). The highest BCUT2D eigenvalue weighted by atomic mass is 35.5. The van der Waals surface area contributed by atoms with Crippen molar-refractivity contribution in [2.24, 2.45) is 5.92 Å². The van der Waals surface area contributed by atoms with Crippen LogP contribution in [0.5, 0.6) is 0 Å². The fourth-order valence-electron chi connectivity index (χ4n) is 2.25. The van der Waals surface area contributed by atoms with E-state index in [0.29, 0.717) is 11.3 Å². The summed E-state index contributed by atoms with van der Waals surface area (Å²) in [6.45, 7) is 4.46. The van der Waals surface area contributed by atoms with Crippen molar-refractivity contribution in [3.63, 3.8) is 0 Å². The summed E-state index contributed by atoms with van der Waals surface area (Å²) < 4.78 is 13.4. The van der Waals surface area contributed by atoms with Crippen molar-refractivity contribution in [3.05, 3.63) is 28.5 Å². The predicted octanol–water partition coefficient (Wildman–Crippen LogP) is 3.37. The second kappa shape index (κ2) is 9.79. The quantitative estimate of drug-likeness (QED) is 0.832. The van der Waals surface area contributed by atoms with Crippen LogP contribution in [0.4, 0.5) is 10.1 Å². The Morgan fingerprint density at radius 3 is 2.52 bits per heavy atom. The number of halogens is 3. The van der Waals surface area contributed by atoms with Crippen molar-refractivity contribution in [3.8, 4) is 0 Å². The van der Waals surface area contributed by atoms with Crippen LogP contribution < -0.4 is 10.6 Å². The number of rotatable bonds is 2. The lowest BCUT2D eigenvalue weighted by Gasteiger charge is -2.15. The third-order valence-corrected chi connectivity index (χ3v) is 3.61. The number of amides is 1. The van der Waals surface area contributed by atoms with Gasteiger partial charge in [0.05, 0.1) is 10.9 Å². The van der Waals surface area contributed by atoms with E-state index in [1.807, 2.05) is 6.92 Å². The Labute approximate surface area is 149 Å². The normalized spacial score (nSPS) is 19.8. The van der Waals surface area contributed by atoms with Gasteiger partial charge in [-0.05, 0) is 44.5 Å². The SMILES string of the molecule is Cc1cc(NC(=O)[C@H]2CCN[C@H]2C)cc(Cl)c1F.Cl.S.S. The van der Waals surface area contributed by atoms with Gasteiger partial charge in [0.25, 0.3) is 0 Å². The molecule has 2 atom stereocenters. The van der Waals surface area contributed by atoms with Crippen LogP contribution in [0.15, 0.2) is 12.1 Å². The summed E-state index contributed by atoms with van der Waals surface area (Å²) in [5, 5.41) is 6.04. The number of aryl methyl sites for hydroxylation is 1. The standard InChI is InChI=1S/C13H16ClFN2O.ClH.2H2S/c1-7-5-9(6-11(14)12(7)15)17-13(18)10-3-4-16-8(10)2;;;/h5-6,8,10,16H,3-4H2,1-2H3,(H,17,18);1H;2*1H2/t8-,10-;;;/m0.../s1. The lowest BCUT2D eigenvalue weighted by atomic mass is 10.0. The minimum atomic E-state index is -0.439. The molecule has 1 aromatic rings. The molecule has 2 N–H and O–H groups in total. The van der Waals surface area contributed by atoms with Gasteiger partial charge in [-0.15, -0.1) is 12.4 Å². The molecule has 21 heavy (non-hydrogen) atoms. The summed E-state index contributed by atoms with van der Waals surface area (Å²) in [6.07, 6.45) is 0.820. The molecule has 1 heterocycles. The minimum absolute atomic E-state index is 0. The maximum Gasteiger partial charge on any atom is 0.229 e. The van der Waals surface area contributed by atoms with Gasteiger partial charge in [-0.2, -0.15) is 27.0 Å². The fraction of sp³-hybridized carbons (Fsp3) is 0.462. The third-order valence-electron chi connectivity index (χ3n) is 3.34. The van der Waals surface area contributed by atoms with Gasteiger partial charge in [0.2, 0.25) is 5.91 Å². The van der Waals surface area contributed by atoms with E-state index in [0.717, 1.165) is 13.0 Å². The predicted molar refractivity (Wildman–Crippen MR) is 98.4 cm³/mol. The molecule has 3 nitrogen and oxygen atoms in total. The lowest BCUT2D eigenvalue weighted by molar-refractivity contribution is -0.119.